The summed E-state index contributed by atoms with van der Waals surface area (Å²) in [4.78, 5) is 69.8. The number of carbonyl (C=O) groups is 4. The Morgan fingerprint density at radius 2 is 1.70 bits per heavy atom. The molecule has 4 aliphatic heterocycles. The van der Waals surface area contributed by atoms with Crippen molar-refractivity contribution in [2.75, 3.05) is 27.4 Å². The molecule has 4 aromatic carbocycles. The maximum atomic E-state index is 14.4. The van der Waals surface area contributed by atoms with E-state index in [2.05, 4.69) is 39.9 Å². The number of nitrogens with one attached hydrogen (secondary N) is 3. The molecule has 5 aliphatic rings. The summed E-state index contributed by atoms with van der Waals surface area (Å²) in [7, 11) is 2.51. The van der Waals surface area contributed by atoms with Crippen LogP contribution in [0.15, 0.2) is 84.0 Å². The van der Waals surface area contributed by atoms with Crippen LogP contribution in [0.5, 0.6) is 5.75 Å². The minimum absolute atomic E-state index is 0. The molecule has 0 bridgehead atoms. The highest BCUT2D eigenvalue weighted by atomic mass is 19.3. The van der Waals surface area contributed by atoms with Gasteiger partial charge in [-0.3, -0.25) is 14.6 Å². The minimum atomic E-state index is -2.95. The van der Waals surface area contributed by atoms with Crippen molar-refractivity contribution in [3.05, 3.63) is 102 Å². The summed E-state index contributed by atoms with van der Waals surface area (Å²) in [5, 5.41) is 7.34. The van der Waals surface area contributed by atoms with Crippen LogP contribution in [0.25, 0.3) is 33.2 Å². The number of fused-ring (bicyclic) bond motifs is 7. The molecule has 10 rings (SSSR count). The fourth-order valence-electron chi connectivity index (χ4n) is 10.5. The number of methoxy groups -OCH3 is 2. The molecule has 2 saturated heterocycles. The van der Waals surface area contributed by atoms with Gasteiger partial charge in [0.15, 0.2) is 0 Å². The number of H-pyrrole nitrogens is 1. The number of alkyl halides is 2. The van der Waals surface area contributed by atoms with Gasteiger partial charge in [0.25, 0.3) is 0 Å². The highest BCUT2D eigenvalue weighted by Gasteiger charge is 2.56. The normalized spacial score (nSPS) is 22.0. The van der Waals surface area contributed by atoms with E-state index in [0.29, 0.717) is 36.8 Å². The summed E-state index contributed by atoms with van der Waals surface area (Å²) in [6, 6.07) is 20.8. The first-order chi connectivity index (χ1) is 32.4. The van der Waals surface area contributed by atoms with Gasteiger partial charge in [0.2, 0.25) is 11.8 Å². The second-order valence-electron chi connectivity index (χ2n) is 18.4. The highest BCUT2D eigenvalue weighted by molar-refractivity contribution is 6.07. The Labute approximate surface area is 386 Å². The van der Waals surface area contributed by atoms with E-state index in [0.717, 1.165) is 74.3 Å². The van der Waals surface area contributed by atoms with Crippen LogP contribution >= 0.6 is 0 Å². The zero-order valence-corrected chi connectivity index (χ0v) is 37.5. The molecule has 0 radical (unpaired) electrons. The van der Waals surface area contributed by atoms with E-state index in [1.807, 2.05) is 36.9 Å². The number of benzene rings is 4. The minimum Gasteiger partial charge on any atom is -0.488 e. The second-order valence-corrected chi connectivity index (χ2v) is 18.4. The standard InChI is InChI=1S/C50H51F2N7O8.H2/c1-25(2)43(56-49(62)64-3)47(61)59-39-17-30(39)18-41(59)45-53-21-38(55-45)29-10-12-32-31(15-29)24-66-42-20-33-28(16-35(32)42)11-13-36-34(33)19-37(54-36)40-14-26(23-67-48(51)52)22-58(40)46(60)44(57-50(63)65-4)27-8-6-5-7-9-27;/h5-13,15-16,20-21,25-26,30,39-41,43-44,48H,14,17-19,22-24H2,1-4H3,(H,53,55)(H,56,62)(H,57,63);1H/t26-,30?,39+,40-,41-,43-,44+;/m0./s1. The van der Waals surface area contributed by atoms with Crippen molar-refractivity contribution in [2.24, 2.45) is 22.7 Å². The largest absolute Gasteiger partial charge is 0.488 e. The number of imidazole rings is 1. The molecule has 5 aromatic rings. The van der Waals surface area contributed by atoms with E-state index in [9.17, 15) is 28.0 Å². The first-order valence-corrected chi connectivity index (χ1v) is 22.6. The summed E-state index contributed by atoms with van der Waals surface area (Å²) in [6.45, 7) is 1.09. The Morgan fingerprint density at radius 1 is 0.910 bits per heavy atom. The average Bonchev–Trinajstić information content (AvgIpc) is 3.81. The lowest BCUT2D eigenvalue weighted by molar-refractivity contribution is -0.139. The van der Waals surface area contributed by atoms with Crippen LogP contribution in [0.2, 0.25) is 0 Å². The van der Waals surface area contributed by atoms with Crippen LogP contribution < -0.4 is 15.4 Å². The number of aromatic amines is 1. The SMILES string of the molecule is COC(=O)N[C@H](C(=O)N1[C@@H]2CC2C[C@H]1c1ncc(-c2ccc3c(c2)COc2cc4c5c(ccc4cc2-3)N=C([C@@H]2C[C@H](COC(F)F)CN2C(=O)[C@H](NC(=O)OC)c2ccccc2)C5)[nH]1)C(C)C.[HH]. The first kappa shape index (κ1) is 44.0. The van der Waals surface area contributed by atoms with Crippen molar-refractivity contribution in [1.29, 1.82) is 0 Å². The topological polar surface area (TPSA) is 177 Å². The predicted octanol–water partition coefficient (Wildman–Crippen LogP) is 8.26. The molecule has 17 heteroatoms. The Balaban J connectivity index is 0.00000578. The number of aromatic nitrogens is 2. The van der Waals surface area contributed by atoms with Crippen molar-refractivity contribution in [1.82, 2.24) is 30.4 Å². The third-order valence-electron chi connectivity index (χ3n) is 13.9. The maximum Gasteiger partial charge on any atom is 0.407 e. The third-order valence-corrected chi connectivity index (χ3v) is 13.9. The van der Waals surface area contributed by atoms with E-state index in [-0.39, 0.29) is 38.5 Å². The van der Waals surface area contributed by atoms with E-state index >= 15 is 0 Å². The number of likely N-dealkylation sites (tertiary alicyclic amines) is 2. The van der Waals surface area contributed by atoms with Gasteiger partial charge < -0.3 is 44.4 Å². The summed E-state index contributed by atoms with van der Waals surface area (Å²) in [5.74, 6) is 0.779. The molecule has 5 heterocycles. The molecule has 1 unspecified atom stereocenters. The number of alkyl carbamates (subject to hydrolysis) is 2. The van der Waals surface area contributed by atoms with Crippen LogP contribution in [-0.2, 0) is 36.8 Å². The number of ether oxygens (including phenoxy) is 4. The molecular weight excluding hydrogens is 865 g/mol. The second kappa shape index (κ2) is 17.7. The molecule has 67 heavy (non-hydrogen) atoms. The first-order valence-electron chi connectivity index (χ1n) is 22.6. The van der Waals surface area contributed by atoms with Gasteiger partial charge >= 0.3 is 18.8 Å². The number of aliphatic imine (C=N–C) groups is 1. The molecule has 4 amide bonds. The highest BCUT2D eigenvalue weighted by Crippen LogP contribution is 2.54. The lowest BCUT2D eigenvalue weighted by Gasteiger charge is -2.31. The number of carbonyl (C=O) groups excluding carboxylic acids is 4. The van der Waals surface area contributed by atoms with Gasteiger partial charge in [0.05, 0.1) is 50.5 Å². The van der Waals surface area contributed by atoms with E-state index < -0.39 is 48.7 Å². The van der Waals surface area contributed by atoms with Gasteiger partial charge in [0.1, 0.15) is 30.3 Å². The molecule has 15 nitrogen and oxygen atoms in total. The molecule has 3 N–H and O–H groups in total. The Morgan fingerprint density at radius 3 is 2.46 bits per heavy atom. The third kappa shape index (κ3) is 8.34. The van der Waals surface area contributed by atoms with Gasteiger partial charge in [-0.05, 0) is 94.0 Å². The number of hydrogen-bond acceptors (Lipinski definition) is 10. The van der Waals surface area contributed by atoms with Crippen molar-refractivity contribution >= 4 is 46.2 Å². The predicted molar refractivity (Wildman–Crippen MR) is 245 cm³/mol. The van der Waals surface area contributed by atoms with Crippen molar-refractivity contribution in [3.63, 3.8) is 0 Å². The molecule has 350 valence electrons. The number of hydrogen-bond donors (Lipinski definition) is 3. The lowest BCUT2D eigenvalue weighted by atomic mass is 9.90. The Hall–Kier alpha value is -6.88. The van der Waals surface area contributed by atoms with Crippen molar-refractivity contribution in [3.8, 4) is 28.1 Å². The number of nitrogens with zero attached hydrogens (tertiary/aromatic N) is 4. The Bertz CT molecular complexity index is 2810. The molecule has 1 aromatic heterocycles. The molecule has 1 aliphatic carbocycles. The quantitative estimate of drug-likeness (QED) is 0.111. The summed E-state index contributed by atoms with van der Waals surface area (Å²) < 4.78 is 47.3. The summed E-state index contributed by atoms with van der Waals surface area (Å²) in [5.41, 5.74) is 7.75. The molecule has 3 fully saturated rings. The fraction of sp³-hybridized carbons (Fsp3) is 0.400. The molecule has 1 saturated carbocycles. The fourth-order valence-corrected chi connectivity index (χ4v) is 10.5. The van der Waals surface area contributed by atoms with Crippen LogP contribution in [0, 0.1) is 17.8 Å². The van der Waals surface area contributed by atoms with E-state index in [1.54, 1.807) is 41.4 Å². The number of halogens is 2. The van der Waals surface area contributed by atoms with Crippen LogP contribution in [0.4, 0.5) is 24.1 Å². The van der Waals surface area contributed by atoms with Gasteiger partial charge in [-0.1, -0.05) is 62.4 Å². The van der Waals surface area contributed by atoms with E-state index in [4.69, 9.17) is 28.9 Å². The van der Waals surface area contributed by atoms with Crippen molar-refractivity contribution in [2.45, 2.75) is 83.0 Å². The van der Waals surface area contributed by atoms with E-state index in [1.165, 1.54) is 14.2 Å². The van der Waals surface area contributed by atoms with Gasteiger partial charge in [0, 0.05) is 37.6 Å². The number of piperidine rings is 1. The van der Waals surface area contributed by atoms with Crippen LogP contribution in [0.1, 0.15) is 69.1 Å². The average molecular weight is 918 g/mol. The monoisotopic (exact) mass is 917 g/mol. The van der Waals surface area contributed by atoms with Crippen LogP contribution in [0.3, 0.4) is 0 Å². The molecule has 7 atom stereocenters. The van der Waals surface area contributed by atoms with Crippen molar-refractivity contribution < 1.29 is 48.3 Å². The number of amides is 4. The Kier molecular flexibility index (Phi) is 11.6. The van der Waals surface area contributed by atoms with Gasteiger partial charge in [-0.15, -0.1) is 0 Å². The smallest absolute Gasteiger partial charge is 0.407 e. The van der Waals surface area contributed by atoms with Gasteiger partial charge in [-0.2, -0.15) is 8.78 Å². The maximum absolute atomic E-state index is 14.4. The summed E-state index contributed by atoms with van der Waals surface area (Å²) in [6.07, 6.45) is 2.91. The lowest BCUT2D eigenvalue weighted by Crippen LogP contribution is -2.52. The molecule has 0 spiro atoms. The molecular formula is C50H53F2N7O8. The zero-order chi connectivity index (χ0) is 46.7. The zero-order valence-electron chi connectivity index (χ0n) is 37.5. The summed E-state index contributed by atoms with van der Waals surface area (Å²) >= 11 is 0. The van der Waals surface area contributed by atoms with Crippen LogP contribution in [-0.4, -0.2) is 102 Å². The van der Waals surface area contributed by atoms with Gasteiger partial charge in [-0.25, -0.2) is 14.6 Å². The number of rotatable bonds is 12.